The molecule has 1 atom stereocenters. The highest BCUT2D eigenvalue weighted by atomic mass is 16.5. The fourth-order valence-corrected chi connectivity index (χ4v) is 3.63. The molecule has 1 fully saturated rings. The van der Waals surface area contributed by atoms with Crippen LogP contribution in [-0.2, 0) is 9.59 Å². The van der Waals surface area contributed by atoms with Gasteiger partial charge in [0, 0.05) is 31.0 Å². The summed E-state index contributed by atoms with van der Waals surface area (Å²) >= 11 is 0. The Morgan fingerprint density at radius 3 is 2.65 bits per heavy atom. The zero-order valence-electron chi connectivity index (χ0n) is 18.5. The Hall–Kier alpha value is -3.19. The first-order chi connectivity index (χ1) is 14.8. The van der Waals surface area contributed by atoms with E-state index in [0.717, 1.165) is 17.7 Å². The number of hydrogen-bond donors (Lipinski definition) is 1. The SMILES string of the molecule is CCCOc1ccc(/C(O)=C2/C(=O)C(=O)N(CCN(C)C)C2c2cccnc2)cc1C. The quantitative estimate of drug-likeness (QED) is 0.399. The summed E-state index contributed by atoms with van der Waals surface area (Å²) in [5.74, 6) is -0.760. The summed E-state index contributed by atoms with van der Waals surface area (Å²) < 4.78 is 5.71. The van der Waals surface area contributed by atoms with Crippen LogP contribution in [0.25, 0.3) is 5.76 Å². The van der Waals surface area contributed by atoms with Crippen molar-refractivity contribution in [1.82, 2.24) is 14.8 Å². The monoisotopic (exact) mass is 423 g/mol. The predicted molar refractivity (Wildman–Crippen MR) is 119 cm³/mol. The average molecular weight is 424 g/mol. The van der Waals surface area contributed by atoms with Gasteiger partial charge in [0.25, 0.3) is 11.7 Å². The van der Waals surface area contributed by atoms with Crippen molar-refractivity contribution in [2.45, 2.75) is 26.3 Å². The third kappa shape index (κ3) is 4.77. The number of ketones is 1. The molecule has 1 amide bonds. The number of rotatable bonds is 8. The second-order valence-electron chi connectivity index (χ2n) is 7.91. The van der Waals surface area contributed by atoms with Crippen molar-refractivity contribution in [2.24, 2.45) is 0 Å². The smallest absolute Gasteiger partial charge is 0.295 e. The van der Waals surface area contributed by atoms with Gasteiger partial charge in [0.1, 0.15) is 11.5 Å². The van der Waals surface area contributed by atoms with Gasteiger partial charge >= 0.3 is 0 Å². The van der Waals surface area contributed by atoms with Gasteiger partial charge in [0.2, 0.25) is 0 Å². The molecule has 31 heavy (non-hydrogen) atoms. The van der Waals surface area contributed by atoms with Crippen LogP contribution in [0.2, 0.25) is 0 Å². The highest BCUT2D eigenvalue weighted by Crippen LogP contribution is 2.39. The van der Waals surface area contributed by atoms with Crippen LogP contribution < -0.4 is 4.74 Å². The molecule has 1 saturated heterocycles. The minimum absolute atomic E-state index is 0.0818. The number of benzene rings is 1. The largest absolute Gasteiger partial charge is 0.507 e. The molecule has 1 aliphatic heterocycles. The minimum atomic E-state index is -0.690. The summed E-state index contributed by atoms with van der Waals surface area (Å²) in [5.41, 5.74) is 2.08. The number of likely N-dealkylation sites (N-methyl/N-ethyl adjacent to an activating group) is 1. The maximum atomic E-state index is 13.0. The number of ether oxygens (including phenoxy) is 1. The molecule has 1 aliphatic rings. The summed E-state index contributed by atoms with van der Waals surface area (Å²) in [7, 11) is 3.81. The lowest BCUT2D eigenvalue weighted by atomic mass is 9.95. The van der Waals surface area contributed by atoms with Crippen LogP contribution in [0.15, 0.2) is 48.3 Å². The van der Waals surface area contributed by atoms with Gasteiger partial charge in [-0.25, -0.2) is 0 Å². The molecule has 0 saturated carbocycles. The maximum absolute atomic E-state index is 13.0. The third-order valence-electron chi connectivity index (χ3n) is 5.24. The summed E-state index contributed by atoms with van der Waals surface area (Å²) in [5, 5.41) is 11.1. The number of carbonyl (C=O) groups excluding carboxylic acids is 2. The number of carbonyl (C=O) groups is 2. The molecule has 1 aromatic heterocycles. The highest BCUT2D eigenvalue weighted by Gasteiger charge is 2.46. The van der Waals surface area contributed by atoms with Crippen LogP contribution in [0, 0.1) is 6.92 Å². The standard InChI is InChI=1S/C24H29N3O4/c1-5-13-31-19-9-8-17(14-16(19)2)22(28)20-21(18-7-6-10-25-15-18)27(12-11-26(3)4)24(30)23(20)29/h6-10,14-15,21,28H,5,11-13H2,1-4H3/b22-20-. The van der Waals surface area contributed by atoms with Crippen LogP contribution in [0.5, 0.6) is 5.75 Å². The van der Waals surface area contributed by atoms with Crippen LogP contribution >= 0.6 is 0 Å². The first-order valence-electron chi connectivity index (χ1n) is 10.4. The number of pyridine rings is 1. The molecule has 0 bridgehead atoms. The van der Waals surface area contributed by atoms with E-state index in [2.05, 4.69) is 4.98 Å². The van der Waals surface area contributed by atoms with Gasteiger partial charge in [-0.2, -0.15) is 0 Å². The van der Waals surface area contributed by atoms with Crippen molar-refractivity contribution in [3.8, 4) is 5.75 Å². The van der Waals surface area contributed by atoms with E-state index in [0.29, 0.717) is 30.8 Å². The zero-order valence-corrected chi connectivity index (χ0v) is 18.5. The van der Waals surface area contributed by atoms with Gasteiger partial charge in [-0.3, -0.25) is 14.6 Å². The van der Waals surface area contributed by atoms with Gasteiger partial charge < -0.3 is 19.6 Å². The van der Waals surface area contributed by atoms with Crippen LogP contribution in [0.4, 0.5) is 0 Å². The Bertz CT molecular complexity index is 986. The molecule has 7 heteroatoms. The normalized spacial score (nSPS) is 18.1. The van der Waals surface area contributed by atoms with E-state index < -0.39 is 17.7 Å². The first-order valence-corrected chi connectivity index (χ1v) is 10.4. The summed E-state index contributed by atoms with van der Waals surface area (Å²) in [6.45, 7) is 5.46. The number of hydrogen-bond acceptors (Lipinski definition) is 6. The molecule has 1 unspecified atom stereocenters. The summed E-state index contributed by atoms with van der Waals surface area (Å²) in [4.78, 5) is 33.4. The van der Waals surface area contributed by atoms with Crippen LogP contribution in [0.1, 0.15) is 36.1 Å². The molecule has 0 radical (unpaired) electrons. The molecule has 164 valence electrons. The second kappa shape index (κ2) is 9.75. The van der Waals surface area contributed by atoms with E-state index in [1.807, 2.05) is 38.9 Å². The highest BCUT2D eigenvalue weighted by molar-refractivity contribution is 6.46. The van der Waals surface area contributed by atoms with Crippen molar-refractivity contribution in [3.63, 3.8) is 0 Å². The van der Waals surface area contributed by atoms with Crippen molar-refractivity contribution in [3.05, 3.63) is 65.0 Å². The summed E-state index contributed by atoms with van der Waals surface area (Å²) in [6, 6.07) is 8.14. The van der Waals surface area contributed by atoms with Crippen LogP contribution in [0.3, 0.4) is 0 Å². The number of Topliss-reactive ketones (excluding diaryl/α,β-unsaturated/α-hetero) is 1. The molecule has 0 spiro atoms. The summed E-state index contributed by atoms with van der Waals surface area (Å²) in [6.07, 6.45) is 4.15. The van der Waals surface area contributed by atoms with Gasteiger partial charge in [-0.05, 0) is 62.8 Å². The van der Waals surface area contributed by atoms with Crippen LogP contribution in [-0.4, -0.2) is 65.4 Å². The molecule has 2 heterocycles. The van der Waals surface area contributed by atoms with Gasteiger partial charge in [-0.1, -0.05) is 13.0 Å². The van der Waals surface area contributed by atoms with Crippen molar-refractivity contribution < 1.29 is 19.4 Å². The number of aromatic nitrogens is 1. The third-order valence-corrected chi connectivity index (χ3v) is 5.24. The fourth-order valence-electron chi connectivity index (χ4n) is 3.63. The molecular weight excluding hydrogens is 394 g/mol. The minimum Gasteiger partial charge on any atom is -0.507 e. The van der Waals surface area contributed by atoms with E-state index in [4.69, 9.17) is 4.74 Å². The van der Waals surface area contributed by atoms with Gasteiger partial charge in [-0.15, -0.1) is 0 Å². The van der Waals surface area contributed by atoms with Crippen molar-refractivity contribution in [1.29, 1.82) is 0 Å². The Kier molecular flexibility index (Phi) is 7.07. The number of aryl methyl sites for hydroxylation is 1. The number of amides is 1. The van der Waals surface area contributed by atoms with E-state index in [9.17, 15) is 14.7 Å². The van der Waals surface area contributed by atoms with Crippen molar-refractivity contribution in [2.75, 3.05) is 33.8 Å². The van der Waals surface area contributed by atoms with E-state index in [1.165, 1.54) is 4.90 Å². The molecule has 1 aromatic carbocycles. The molecule has 0 aliphatic carbocycles. The molecule has 7 nitrogen and oxygen atoms in total. The fraction of sp³-hybridized carbons (Fsp3) is 0.375. The number of aliphatic hydroxyl groups excluding tert-OH is 1. The van der Waals surface area contributed by atoms with E-state index in [-0.39, 0.29) is 11.3 Å². The number of likely N-dealkylation sites (tertiary alicyclic amines) is 1. The predicted octanol–water partition coefficient (Wildman–Crippen LogP) is 3.16. The van der Waals surface area contributed by atoms with Gasteiger partial charge in [0.15, 0.2) is 0 Å². The molecule has 2 aromatic rings. The Labute approximate surface area is 183 Å². The lowest BCUT2D eigenvalue weighted by molar-refractivity contribution is -0.140. The average Bonchev–Trinajstić information content (AvgIpc) is 3.01. The van der Waals surface area contributed by atoms with E-state index >= 15 is 0 Å². The number of aliphatic hydroxyl groups is 1. The molecular formula is C24H29N3O4. The van der Waals surface area contributed by atoms with E-state index in [1.54, 1.807) is 36.7 Å². The zero-order chi connectivity index (χ0) is 22.5. The van der Waals surface area contributed by atoms with Crippen molar-refractivity contribution >= 4 is 17.4 Å². The number of nitrogens with zero attached hydrogens (tertiary/aromatic N) is 3. The topological polar surface area (TPSA) is 83.0 Å². The molecule has 3 rings (SSSR count). The maximum Gasteiger partial charge on any atom is 0.295 e. The Morgan fingerprint density at radius 1 is 1.26 bits per heavy atom. The lowest BCUT2D eigenvalue weighted by Gasteiger charge is -2.26. The molecule has 1 N–H and O–H groups in total. The van der Waals surface area contributed by atoms with Gasteiger partial charge in [0.05, 0.1) is 18.2 Å². The Balaban J connectivity index is 2.07. The first kappa shape index (κ1) is 22.5. The Morgan fingerprint density at radius 2 is 2.03 bits per heavy atom. The lowest BCUT2D eigenvalue weighted by Crippen LogP contribution is -2.35. The second-order valence-corrected chi connectivity index (χ2v) is 7.91.